The Morgan fingerprint density at radius 1 is 1.06 bits per heavy atom. The van der Waals surface area contributed by atoms with Gasteiger partial charge < -0.3 is 10.2 Å². The van der Waals surface area contributed by atoms with Gasteiger partial charge in [0.1, 0.15) is 0 Å². The number of likely N-dealkylation sites (tertiary alicyclic amines) is 1. The van der Waals surface area contributed by atoms with E-state index in [0.717, 1.165) is 16.7 Å². The van der Waals surface area contributed by atoms with Crippen molar-refractivity contribution in [2.45, 2.75) is 26.2 Å². The summed E-state index contributed by atoms with van der Waals surface area (Å²) in [6.07, 6.45) is 1.68. The molecular formula is C26H28N2O2S. The first-order chi connectivity index (χ1) is 15.0. The van der Waals surface area contributed by atoms with E-state index in [4.69, 9.17) is 0 Å². The van der Waals surface area contributed by atoms with Gasteiger partial charge in [-0.15, -0.1) is 0 Å². The van der Waals surface area contributed by atoms with Gasteiger partial charge in [0.25, 0.3) is 0 Å². The molecule has 1 aliphatic heterocycles. The van der Waals surface area contributed by atoms with Crippen molar-refractivity contribution in [2.24, 2.45) is 5.41 Å². The van der Waals surface area contributed by atoms with E-state index >= 15 is 0 Å². The molecule has 1 N–H and O–H groups in total. The summed E-state index contributed by atoms with van der Waals surface area (Å²) in [6.45, 7) is 3.11. The SMILES string of the molecule is CNC(=O)C1(Cc2ccc(-c3ccsc3)cc2)CCN(C(=O)Cc2cccc(C)c2)C1. The normalized spacial score (nSPS) is 18.2. The Hall–Kier alpha value is -2.92. The second-order valence-electron chi connectivity index (χ2n) is 8.48. The fraction of sp³-hybridized carbons (Fsp3) is 0.308. The zero-order valence-electron chi connectivity index (χ0n) is 18.1. The van der Waals surface area contributed by atoms with Gasteiger partial charge in [0.2, 0.25) is 11.8 Å². The summed E-state index contributed by atoms with van der Waals surface area (Å²) in [7, 11) is 1.68. The summed E-state index contributed by atoms with van der Waals surface area (Å²) in [5.41, 5.74) is 5.10. The summed E-state index contributed by atoms with van der Waals surface area (Å²) in [5.74, 6) is 0.101. The number of carbonyl (C=O) groups is 2. The molecule has 1 aliphatic rings. The predicted octanol–water partition coefficient (Wildman–Crippen LogP) is 4.47. The number of benzene rings is 2. The molecular weight excluding hydrogens is 404 g/mol. The number of nitrogens with zero attached hydrogens (tertiary/aromatic N) is 1. The van der Waals surface area contributed by atoms with E-state index in [-0.39, 0.29) is 11.8 Å². The third-order valence-corrected chi connectivity index (χ3v) is 6.89. The summed E-state index contributed by atoms with van der Waals surface area (Å²) in [5, 5.41) is 7.05. The lowest BCUT2D eigenvalue weighted by Gasteiger charge is -2.28. The highest BCUT2D eigenvalue weighted by atomic mass is 32.1. The van der Waals surface area contributed by atoms with Crippen LogP contribution in [0.1, 0.15) is 23.1 Å². The van der Waals surface area contributed by atoms with Crippen molar-refractivity contribution in [2.75, 3.05) is 20.1 Å². The average molecular weight is 433 g/mol. The van der Waals surface area contributed by atoms with E-state index in [0.29, 0.717) is 32.4 Å². The van der Waals surface area contributed by atoms with E-state index in [1.165, 1.54) is 11.1 Å². The van der Waals surface area contributed by atoms with E-state index in [1.807, 2.05) is 30.0 Å². The maximum absolute atomic E-state index is 12.9. The van der Waals surface area contributed by atoms with Gasteiger partial charge in [0, 0.05) is 20.1 Å². The second kappa shape index (κ2) is 9.06. The van der Waals surface area contributed by atoms with Gasteiger partial charge in [-0.25, -0.2) is 0 Å². The van der Waals surface area contributed by atoms with Crippen molar-refractivity contribution in [1.29, 1.82) is 0 Å². The molecule has 4 rings (SSSR count). The van der Waals surface area contributed by atoms with Crippen LogP contribution < -0.4 is 5.32 Å². The third-order valence-electron chi connectivity index (χ3n) is 6.20. The monoisotopic (exact) mass is 432 g/mol. The van der Waals surface area contributed by atoms with E-state index in [9.17, 15) is 9.59 Å². The lowest BCUT2D eigenvalue weighted by molar-refractivity contribution is -0.132. The Bertz CT molecular complexity index is 1060. The number of hydrogen-bond donors (Lipinski definition) is 1. The molecule has 1 saturated heterocycles. The number of rotatable bonds is 6. The van der Waals surface area contributed by atoms with E-state index in [1.54, 1.807) is 18.4 Å². The van der Waals surface area contributed by atoms with Crippen LogP contribution in [0.5, 0.6) is 0 Å². The summed E-state index contributed by atoms with van der Waals surface area (Å²) in [6, 6.07) is 18.6. The minimum Gasteiger partial charge on any atom is -0.359 e. The highest BCUT2D eigenvalue weighted by molar-refractivity contribution is 7.08. The first kappa shape index (κ1) is 21.3. The van der Waals surface area contributed by atoms with Crippen molar-refractivity contribution in [1.82, 2.24) is 10.2 Å². The smallest absolute Gasteiger partial charge is 0.228 e. The van der Waals surface area contributed by atoms with Gasteiger partial charge in [-0.05, 0) is 58.8 Å². The third kappa shape index (κ3) is 4.72. The van der Waals surface area contributed by atoms with Crippen LogP contribution in [0.4, 0.5) is 0 Å². The lowest BCUT2D eigenvalue weighted by Crippen LogP contribution is -2.44. The molecule has 1 unspecified atom stereocenters. The Morgan fingerprint density at radius 3 is 2.55 bits per heavy atom. The largest absolute Gasteiger partial charge is 0.359 e. The molecule has 0 bridgehead atoms. The highest BCUT2D eigenvalue weighted by Gasteiger charge is 2.45. The van der Waals surface area contributed by atoms with Gasteiger partial charge in [0.15, 0.2) is 0 Å². The van der Waals surface area contributed by atoms with Crippen LogP contribution in [0.25, 0.3) is 11.1 Å². The minimum atomic E-state index is -0.582. The predicted molar refractivity (Wildman–Crippen MR) is 126 cm³/mol. The lowest BCUT2D eigenvalue weighted by atomic mass is 9.79. The molecule has 2 aromatic carbocycles. The molecule has 1 fully saturated rings. The molecule has 2 amide bonds. The quantitative estimate of drug-likeness (QED) is 0.625. The van der Waals surface area contributed by atoms with Gasteiger partial charge >= 0.3 is 0 Å². The minimum absolute atomic E-state index is 0.0141. The molecule has 0 saturated carbocycles. The number of thiophene rings is 1. The molecule has 4 nitrogen and oxygen atoms in total. The maximum atomic E-state index is 12.9. The maximum Gasteiger partial charge on any atom is 0.228 e. The first-order valence-electron chi connectivity index (χ1n) is 10.7. The molecule has 1 atom stereocenters. The topological polar surface area (TPSA) is 49.4 Å². The number of hydrogen-bond acceptors (Lipinski definition) is 3. The van der Waals surface area contributed by atoms with Gasteiger partial charge in [0.05, 0.1) is 11.8 Å². The highest BCUT2D eigenvalue weighted by Crippen LogP contribution is 2.35. The molecule has 2 heterocycles. The molecule has 0 radical (unpaired) electrons. The number of nitrogens with one attached hydrogen (secondary N) is 1. The van der Waals surface area contributed by atoms with E-state index < -0.39 is 5.41 Å². The Balaban J connectivity index is 1.48. The van der Waals surface area contributed by atoms with Gasteiger partial charge in [-0.1, -0.05) is 54.1 Å². The van der Waals surface area contributed by atoms with E-state index in [2.05, 4.69) is 52.5 Å². The second-order valence-corrected chi connectivity index (χ2v) is 9.26. The average Bonchev–Trinajstić information content (AvgIpc) is 3.45. The van der Waals surface area contributed by atoms with Crippen LogP contribution in [0.3, 0.4) is 0 Å². The Morgan fingerprint density at radius 2 is 1.87 bits per heavy atom. The van der Waals surface area contributed by atoms with Crippen LogP contribution in [0, 0.1) is 12.3 Å². The van der Waals surface area contributed by atoms with Crippen molar-refractivity contribution in [3.8, 4) is 11.1 Å². The van der Waals surface area contributed by atoms with Crippen molar-refractivity contribution in [3.05, 3.63) is 82.0 Å². The zero-order chi connectivity index (χ0) is 21.8. The van der Waals surface area contributed by atoms with Gasteiger partial charge in [-0.2, -0.15) is 11.3 Å². The fourth-order valence-electron chi connectivity index (χ4n) is 4.50. The van der Waals surface area contributed by atoms with Crippen LogP contribution >= 0.6 is 11.3 Å². The van der Waals surface area contributed by atoms with Crippen LogP contribution in [-0.4, -0.2) is 36.9 Å². The van der Waals surface area contributed by atoms with Crippen molar-refractivity contribution >= 4 is 23.2 Å². The van der Waals surface area contributed by atoms with Gasteiger partial charge in [-0.3, -0.25) is 9.59 Å². The Labute approximate surface area is 187 Å². The van der Waals surface area contributed by atoms with Crippen LogP contribution in [0.15, 0.2) is 65.4 Å². The molecule has 31 heavy (non-hydrogen) atoms. The summed E-state index contributed by atoms with van der Waals surface area (Å²) < 4.78 is 0. The molecule has 5 heteroatoms. The first-order valence-corrected chi connectivity index (χ1v) is 11.6. The molecule has 0 aliphatic carbocycles. The molecule has 1 aromatic heterocycles. The summed E-state index contributed by atoms with van der Waals surface area (Å²) in [4.78, 5) is 27.7. The molecule has 0 spiro atoms. The standard InChI is InChI=1S/C26H28N2O2S/c1-19-4-3-5-21(14-19)15-24(29)28-12-11-26(18-28,25(30)27-2)16-20-6-8-22(9-7-20)23-10-13-31-17-23/h3-10,13-14,17H,11-12,15-16,18H2,1-2H3,(H,27,30). The molecule has 160 valence electrons. The van der Waals surface area contributed by atoms with Crippen molar-refractivity contribution in [3.63, 3.8) is 0 Å². The number of carbonyl (C=O) groups excluding carboxylic acids is 2. The zero-order valence-corrected chi connectivity index (χ0v) is 18.9. The number of amides is 2. The fourth-order valence-corrected chi connectivity index (χ4v) is 5.17. The van der Waals surface area contributed by atoms with Crippen LogP contribution in [-0.2, 0) is 22.4 Å². The summed E-state index contributed by atoms with van der Waals surface area (Å²) >= 11 is 1.68. The number of aryl methyl sites for hydroxylation is 1. The van der Waals surface area contributed by atoms with Crippen molar-refractivity contribution < 1.29 is 9.59 Å². The van der Waals surface area contributed by atoms with Crippen LogP contribution in [0.2, 0.25) is 0 Å². The Kier molecular flexibility index (Phi) is 6.23. The molecule has 3 aromatic rings.